The van der Waals surface area contributed by atoms with Gasteiger partial charge in [-0.25, -0.2) is 9.97 Å². The third-order valence-corrected chi connectivity index (χ3v) is 1.91. The van der Waals surface area contributed by atoms with E-state index in [1.807, 2.05) is 22.6 Å². The predicted octanol–water partition coefficient (Wildman–Crippen LogP) is -0.748. The first-order chi connectivity index (χ1) is 5.66. The molecule has 0 bridgehead atoms. The Morgan fingerprint density at radius 3 is 3.00 bits per heavy atom. The molecular weight excluding hydrogens is 273 g/mol. The van der Waals surface area contributed by atoms with E-state index in [-0.39, 0.29) is 11.5 Å². The number of nitrogens with two attached hydrogens (primary N) is 1. The summed E-state index contributed by atoms with van der Waals surface area (Å²) in [6, 6.07) is 0. The molecule has 7 heteroatoms. The number of imidazole rings is 1. The number of nitrogens with one attached hydrogen (secondary N) is 3. The van der Waals surface area contributed by atoms with Gasteiger partial charge in [0.25, 0.3) is 5.65 Å². The molecule has 2 aromatic heterocycles. The number of halogens is 1. The molecule has 0 aliphatic carbocycles. The zero-order chi connectivity index (χ0) is 8.72. The van der Waals surface area contributed by atoms with Gasteiger partial charge in [0.15, 0.2) is 5.52 Å². The van der Waals surface area contributed by atoms with Crippen molar-refractivity contribution in [1.29, 1.82) is 0 Å². The Morgan fingerprint density at radius 2 is 2.25 bits per heavy atom. The lowest BCUT2D eigenvalue weighted by Gasteiger charge is -1.84. The lowest BCUT2D eigenvalue weighted by atomic mass is 10.5. The summed E-state index contributed by atoms with van der Waals surface area (Å²) < 4.78 is 0.648. The molecule has 62 valence electrons. The third-order valence-electron chi connectivity index (χ3n) is 1.40. The Hall–Kier alpha value is -1.12. The smallest absolute Gasteiger partial charge is 0.314 e. The van der Waals surface area contributed by atoms with Crippen molar-refractivity contribution >= 4 is 39.7 Å². The minimum atomic E-state index is -0.267. The summed E-state index contributed by atoms with van der Waals surface area (Å²) >= 11 is 1.98. The molecule has 12 heavy (non-hydrogen) atoms. The molecule has 0 atom stereocenters. The van der Waals surface area contributed by atoms with E-state index in [1.54, 1.807) is 0 Å². The van der Waals surface area contributed by atoms with E-state index < -0.39 is 0 Å². The van der Waals surface area contributed by atoms with Crippen molar-refractivity contribution in [3.8, 4) is 0 Å². The number of H-pyrrole nitrogens is 3. The molecule has 0 radical (unpaired) electrons. The van der Waals surface area contributed by atoms with Gasteiger partial charge in [-0.1, -0.05) is 0 Å². The highest BCUT2D eigenvalue weighted by atomic mass is 127. The summed E-state index contributed by atoms with van der Waals surface area (Å²) in [4.78, 5) is 23.1. The number of aromatic nitrogens is 4. The van der Waals surface area contributed by atoms with Gasteiger partial charge < -0.3 is 10.7 Å². The number of anilines is 1. The zero-order valence-electron chi connectivity index (χ0n) is 5.81. The van der Waals surface area contributed by atoms with Crippen molar-refractivity contribution in [1.82, 2.24) is 15.0 Å². The quantitative estimate of drug-likeness (QED) is 0.436. The van der Waals surface area contributed by atoms with E-state index >= 15 is 0 Å². The van der Waals surface area contributed by atoms with Gasteiger partial charge in [-0.05, 0) is 0 Å². The summed E-state index contributed by atoms with van der Waals surface area (Å²) in [5, 5.41) is 0. The molecule has 0 unspecified atom stereocenters. The van der Waals surface area contributed by atoms with Gasteiger partial charge in [-0.3, -0.25) is 4.79 Å². The Labute approximate surface area is 79.7 Å². The third kappa shape index (κ3) is 1.05. The van der Waals surface area contributed by atoms with Gasteiger partial charge in [0.1, 0.15) is 0 Å². The maximum Gasteiger partial charge on any atom is 0.322 e. The van der Waals surface area contributed by atoms with Crippen LogP contribution in [-0.2, 0) is 0 Å². The minimum Gasteiger partial charge on any atom is -0.314 e. The first-order valence-corrected chi connectivity index (χ1v) is 4.21. The Morgan fingerprint density at radius 1 is 1.50 bits per heavy atom. The normalized spacial score (nSPS) is 10.8. The van der Waals surface area contributed by atoms with Crippen LogP contribution in [0.25, 0.3) is 11.2 Å². The van der Waals surface area contributed by atoms with Crippen molar-refractivity contribution in [2.75, 3.05) is 5.73 Å². The first kappa shape index (κ1) is 7.53. The maximum atomic E-state index is 11.2. The van der Waals surface area contributed by atoms with Crippen molar-refractivity contribution in [3.63, 3.8) is 0 Å². The molecule has 5 N–H and O–H groups in total. The highest BCUT2D eigenvalue weighted by molar-refractivity contribution is 14.1. The molecule has 0 aromatic carbocycles. The molecule has 0 amide bonds. The molecule has 0 fully saturated rings. The SMILES string of the molecule is Nc1[nH]c(=O)c2[nH]c(I)nc2[nH+]1. The Bertz CT molecular complexity index is 486. The number of fused-ring (bicyclic) bond motifs is 1. The van der Waals surface area contributed by atoms with E-state index in [0.717, 1.165) is 0 Å². The molecule has 6 nitrogen and oxygen atoms in total. The lowest BCUT2D eigenvalue weighted by Crippen LogP contribution is -2.21. The van der Waals surface area contributed by atoms with Crippen LogP contribution in [0.15, 0.2) is 4.79 Å². The first-order valence-electron chi connectivity index (χ1n) is 3.13. The molecule has 0 saturated carbocycles. The summed E-state index contributed by atoms with van der Waals surface area (Å²) in [6.07, 6.45) is 0. The molecule has 2 aromatic rings. The fraction of sp³-hybridized carbons (Fsp3) is 0. The topological polar surface area (TPSA) is 102 Å². The van der Waals surface area contributed by atoms with Gasteiger partial charge >= 0.3 is 11.5 Å². The predicted molar refractivity (Wildman–Crippen MR) is 50.4 cm³/mol. The van der Waals surface area contributed by atoms with Crippen LogP contribution in [0.2, 0.25) is 0 Å². The van der Waals surface area contributed by atoms with Gasteiger partial charge in [-0.15, -0.1) is 4.98 Å². The lowest BCUT2D eigenvalue weighted by molar-refractivity contribution is -0.333. The Balaban J connectivity index is 2.98. The van der Waals surface area contributed by atoms with E-state index in [9.17, 15) is 4.79 Å². The molecule has 0 aliphatic heterocycles. The molecule has 0 aliphatic rings. The van der Waals surface area contributed by atoms with Crippen LogP contribution < -0.4 is 16.3 Å². The second kappa shape index (κ2) is 2.44. The largest absolute Gasteiger partial charge is 0.322 e. The van der Waals surface area contributed by atoms with Gasteiger partial charge in [0.2, 0.25) is 3.83 Å². The van der Waals surface area contributed by atoms with Crippen molar-refractivity contribution < 1.29 is 4.98 Å². The molecule has 0 saturated heterocycles. The molecular formula is C5H5IN5O+. The standard InChI is InChI=1S/C5H4IN5O/c6-4-8-1-2(9-4)10-5(7)11-3(1)12/h(H4,7,8,9,10,11,12)/p+1. The van der Waals surface area contributed by atoms with Crippen LogP contribution in [-0.4, -0.2) is 15.0 Å². The average molecular weight is 278 g/mol. The molecule has 0 spiro atoms. The monoisotopic (exact) mass is 278 g/mol. The average Bonchev–Trinajstić information content (AvgIpc) is 2.29. The van der Waals surface area contributed by atoms with Crippen LogP contribution >= 0.6 is 22.6 Å². The number of rotatable bonds is 0. The van der Waals surface area contributed by atoms with Gasteiger partial charge in [-0.2, -0.15) is 0 Å². The van der Waals surface area contributed by atoms with Crippen LogP contribution in [0.3, 0.4) is 0 Å². The van der Waals surface area contributed by atoms with E-state index in [1.165, 1.54) is 0 Å². The minimum absolute atomic E-state index is 0.204. The van der Waals surface area contributed by atoms with Crippen LogP contribution in [0.4, 0.5) is 5.95 Å². The molecule has 2 heterocycles. The number of hydrogen-bond acceptors (Lipinski definition) is 3. The fourth-order valence-electron chi connectivity index (χ4n) is 0.943. The summed E-state index contributed by atoms with van der Waals surface area (Å²) in [5.41, 5.74) is 5.98. The molecule has 2 rings (SSSR count). The van der Waals surface area contributed by atoms with Crippen molar-refractivity contribution in [3.05, 3.63) is 14.2 Å². The second-order valence-electron chi connectivity index (χ2n) is 2.24. The van der Waals surface area contributed by atoms with E-state index in [0.29, 0.717) is 15.0 Å². The summed E-state index contributed by atoms with van der Waals surface area (Å²) in [6.45, 7) is 0. The van der Waals surface area contributed by atoms with E-state index in [4.69, 9.17) is 5.73 Å². The van der Waals surface area contributed by atoms with Crippen molar-refractivity contribution in [2.45, 2.75) is 0 Å². The van der Waals surface area contributed by atoms with E-state index in [2.05, 4.69) is 19.9 Å². The number of nitrogen functional groups attached to an aromatic ring is 1. The van der Waals surface area contributed by atoms with Crippen LogP contribution in [0.5, 0.6) is 0 Å². The zero-order valence-corrected chi connectivity index (χ0v) is 7.97. The Kier molecular flexibility index (Phi) is 1.53. The number of hydrogen-bond donors (Lipinski definition) is 3. The van der Waals surface area contributed by atoms with Crippen LogP contribution in [0, 0.1) is 3.83 Å². The highest BCUT2D eigenvalue weighted by Gasteiger charge is 2.10. The second-order valence-corrected chi connectivity index (χ2v) is 3.27. The number of aromatic amines is 3. The maximum absolute atomic E-state index is 11.2. The number of nitrogens with zero attached hydrogens (tertiary/aromatic N) is 1. The summed E-state index contributed by atoms with van der Waals surface area (Å²) in [7, 11) is 0. The highest BCUT2D eigenvalue weighted by Crippen LogP contribution is 2.02. The summed E-state index contributed by atoms with van der Waals surface area (Å²) in [5.74, 6) is 0.204. The van der Waals surface area contributed by atoms with Crippen molar-refractivity contribution in [2.24, 2.45) is 0 Å². The fourth-order valence-corrected chi connectivity index (χ4v) is 1.45. The van der Waals surface area contributed by atoms with Crippen LogP contribution in [0.1, 0.15) is 0 Å². The van der Waals surface area contributed by atoms with Gasteiger partial charge in [0.05, 0.1) is 0 Å². The van der Waals surface area contributed by atoms with Gasteiger partial charge in [0, 0.05) is 22.6 Å².